The van der Waals surface area contributed by atoms with Gasteiger partial charge in [0, 0.05) is 35.6 Å². The number of aromatic carboxylic acids is 1. The van der Waals surface area contributed by atoms with Crippen LogP contribution in [0.1, 0.15) is 59.8 Å². The van der Waals surface area contributed by atoms with Gasteiger partial charge < -0.3 is 15.0 Å². The molecule has 0 saturated heterocycles. The summed E-state index contributed by atoms with van der Waals surface area (Å²) in [6, 6.07) is 16.9. The molecule has 1 aromatic heterocycles. The van der Waals surface area contributed by atoms with Crippen LogP contribution in [-0.2, 0) is 13.1 Å². The van der Waals surface area contributed by atoms with Crippen LogP contribution in [0.5, 0.6) is 0 Å². The van der Waals surface area contributed by atoms with E-state index in [1.165, 1.54) is 31.2 Å². The van der Waals surface area contributed by atoms with Crippen molar-refractivity contribution in [2.45, 2.75) is 58.7 Å². The number of hydrogen-bond donors (Lipinski definition) is 2. The van der Waals surface area contributed by atoms with Gasteiger partial charge in [-0.1, -0.05) is 55.0 Å². The van der Waals surface area contributed by atoms with Crippen molar-refractivity contribution in [2.75, 3.05) is 0 Å². The number of carboxylic acids is 1. The predicted octanol–water partition coefficient (Wildman–Crippen LogP) is 5.36. The number of carboxylic acid groups (broad SMARTS) is 1. The van der Waals surface area contributed by atoms with Gasteiger partial charge in [-0.2, -0.15) is 0 Å². The molecule has 1 heterocycles. The number of fused-ring (bicyclic) bond motifs is 1. The molecule has 0 amide bonds. The number of aromatic nitrogens is 1. The number of nitrogens with one attached hydrogen (secondary N) is 1. The van der Waals surface area contributed by atoms with Crippen LogP contribution >= 0.6 is 0 Å². The van der Waals surface area contributed by atoms with Crippen LogP contribution in [0.15, 0.2) is 48.5 Å². The summed E-state index contributed by atoms with van der Waals surface area (Å²) in [5.74, 6) is -0.0542. The number of aryl methyl sites for hydroxylation is 1. The van der Waals surface area contributed by atoms with Crippen LogP contribution in [0, 0.1) is 12.8 Å². The quantitative estimate of drug-likeness (QED) is 0.595. The molecule has 1 fully saturated rings. The summed E-state index contributed by atoms with van der Waals surface area (Å²) >= 11 is 0. The van der Waals surface area contributed by atoms with Gasteiger partial charge in [0.25, 0.3) is 0 Å². The minimum absolute atomic E-state index is 0.406. The third-order valence-corrected chi connectivity index (χ3v) is 6.32. The normalized spacial score (nSPS) is 19.5. The highest BCUT2D eigenvalue weighted by molar-refractivity contribution is 5.98. The fourth-order valence-corrected chi connectivity index (χ4v) is 4.55. The zero-order valence-electron chi connectivity index (χ0n) is 17.3. The highest BCUT2D eigenvalue weighted by Gasteiger charge is 2.24. The Morgan fingerprint density at radius 3 is 2.45 bits per heavy atom. The third kappa shape index (κ3) is 4.23. The van der Waals surface area contributed by atoms with Crippen molar-refractivity contribution < 1.29 is 9.90 Å². The number of nitrogens with zero attached hydrogens (tertiary/aromatic N) is 1. The number of para-hydroxylation sites is 1. The zero-order valence-corrected chi connectivity index (χ0v) is 17.3. The first-order valence-electron chi connectivity index (χ1n) is 10.6. The average molecular weight is 391 g/mol. The monoisotopic (exact) mass is 390 g/mol. The maximum atomic E-state index is 12.3. The molecule has 29 heavy (non-hydrogen) atoms. The molecular weight excluding hydrogens is 360 g/mol. The third-order valence-electron chi connectivity index (χ3n) is 6.32. The average Bonchev–Trinajstić information content (AvgIpc) is 3.03. The summed E-state index contributed by atoms with van der Waals surface area (Å²) in [7, 11) is 0. The number of rotatable bonds is 6. The summed E-state index contributed by atoms with van der Waals surface area (Å²) in [5.41, 5.74) is 4.61. The highest BCUT2D eigenvalue weighted by atomic mass is 16.4. The Kier molecular flexibility index (Phi) is 5.72. The smallest absolute Gasteiger partial charge is 0.352 e. The molecule has 4 nitrogen and oxygen atoms in total. The highest BCUT2D eigenvalue weighted by Crippen LogP contribution is 2.29. The van der Waals surface area contributed by atoms with Crippen molar-refractivity contribution in [2.24, 2.45) is 5.92 Å². The summed E-state index contributed by atoms with van der Waals surface area (Å²) in [5, 5.41) is 14.8. The first-order chi connectivity index (χ1) is 14.0. The van der Waals surface area contributed by atoms with E-state index in [1.54, 1.807) is 0 Å². The standard InChI is InChI=1S/C25H30N2O2/c1-17-7-11-19(12-8-17)16-27-23-6-4-3-5-21(23)22(24(27)25(28)29)15-26-20-13-9-18(2)10-14-20/h3-8,11-12,18,20,26H,9-10,13-16H2,1-2H3,(H,28,29). The second-order valence-corrected chi connectivity index (χ2v) is 8.56. The Morgan fingerprint density at radius 1 is 1.07 bits per heavy atom. The number of hydrogen-bond acceptors (Lipinski definition) is 2. The van der Waals surface area contributed by atoms with Gasteiger partial charge in [0.2, 0.25) is 0 Å². The van der Waals surface area contributed by atoms with Gasteiger partial charge >= 0.3 is 5.97 Å². The summed E-state index contributed by atoms with van der Waals surface area (Å²) in [6.07, 6.45) is 4.84. The Bertz CT molecular complexity index is 996. The van der Waals surface area contributed by atoms with E-state index in [0.717, 1.165) is 27.9 Å². The lowest BCUT2D eigenvalue weighted by molar-refractivity contribution is 0.0684. The fourth-order valence-electron chi connectivity index (χ4n) is 4.55. The number of benzene rings is 2. The SMILES string of the molecule is Cc1ccc(Cn2c(C(=O)O)c(CNC3CCC(C)CC3)c3ccccc32)cc1. The zero-order chi connectivity index (χ0) is 20.4. The second-order valence-electron chi connectivity index (χ2n) is 8.56. The lowest BCUT2D eigenvalue weighted by atomic mass is 9.87. The van der Waals surface area contributed by atoms with Crippen LogP contribution in [-0.4, -0.2) is 21.7 Å². The largest absolute Gasteiger partial charge is 0.477 e. The molecule has 0 radical (unpaired) electrons. The maximum absolute atomic E-state index is 12.3. The van der Waals surface area contributed by atoms with Gasteiger partial charge in [-0.3, -0.25) is 0 Å². The molecule has 4 rings (SSSR count). The number of carbonyl (C=O) groups is 1. The molecule has 2 aromatic carbocycles. The predicted molar refractivity (Wildman–Crippen MR) is 117 cm³/mol. The van der Waals surface area contributed by atoms with E-state index < -0.39 is 5.97 Å². The van der Waals surface area contributed by atoms with E-state index >= 15 is 0 Å². The minimum Gasteiger partial charge on any atom is -0.477 e. The van der Waals surface area contributed by atoms with Crippen molar-refractivity contribution in [3.8, 4) is 0 Å². The summed E-state index contributed by atoms with van der Waals surface area (Å²) in [4.78, 5) is 12.3. The van der Waals surface area contributed by atoms with E-state index in [1.807, 2.05) is 28.8 Å². The van der Waals surface area contributed by atoms with Crippen molar-refractivity contribution >= 4 is 16.9 Å². The molecule has 1 aliphatic carbocycles. The molecule has 3 aromatic rings. The molecular formula is C25H30N2O2. The van der Waals surface area contributed by atoms with E-state index in [-0.39, 0.29) is 0 Å². The molecule has 1 saturated carbocycles. The minimum atomic E-state index is -0.859. The van der Waals surface area contributed by atoms with Crippen molar-refractivity contribution in [3.05, 3.63) is 70.9 Å². The van der Waals surface area contributed by atoms with Gasteiger partial charge in [0.15, 0.2) is 0 Å². The second kappa shape index (κ2) is 8.42. The van der Waals surface area contributed by atoms with Gasteiger partial charge in [-0.15, -0.1) is 0 Å². The molecule has 0 spiro atoms. The van der Waals surface area contributed by atoms with Crippen LogP contribution in [0.4, 0.5) is 0 Å². The van der Waals surface area contributed by atoms with Gasteiger partial charge in [-0.25, -0.2) is 4.79 Å². The Hall–Kier alpha value is -2.59. The molecule has 0 unspecified atom stereocenters. The fraction of sp³-hybridized carbons (Fsp3) is 0.400. The Labute approximate surface area is 172 Å². The molecule has 4 heteroatoms. The molecule has 2 N–H and O–H groups in total. The summed E-state index contributed by atoms with van der Waals surface area (Å²) in [6.45, 7) is 5.54. The molecule has 0 bridgehead atoms. The molecule has 0 aliphatic heterocycles. The molecule has 1 aliphatic rings. The topological polar surface area (TPSA) is 54.3 Å². The van der Waals surface area contributed by atoms with E-state index in [0.29, 0.717) is 24.8 Å². The summed E-state index contributed by atoms with van der Waals surface area (Å²) < 4.78 is 1.96. The van der Waals surface area contributed by atoms with Crippen LogP contribution in [0.2, 0.25) is 0 Å². The van der Waals surface area contributed by atoms with Gasteiger partial charge in [0.05, 0.1) is 0 Å². The maximum Gasteiger partial charge on any atom is 0.352 e. The van der Waals surface area contributed by atoms with E-state index in [2.05, 4.69) is 43.4 Å². The first kappa shape index (κ1) is 19.7. The lowest BCUT2D eigenvalue weighted by Crippen LogP contribution is -2.32. The molecule has 152 valence electrons. The Morgan fingerprint density at radius 2 is 1.76 bits per heavy atom. The van der Waals surface area contributed by atoms with Crippen LogP contribution in [0.25, 0.3) is 10.9 Å². The first-order valence-corrected chi connectivity index (χ1v) is 10.6. The van der Waals surface area contributed by atoms with Crippen molar-refractivity contribution in [1.29, 1.82) is 0 Å². The van der Waals surface area contributed by atoms with Crippen LogP contribution in [0.3, 0.4) is 0 Å². The molecule has 0 atom stereocenters. The van der Waals surface area contributed by atoms with E-state index in [9.17, 15) is 9.90 Å². The Balaban J connectivity index is 1.68. The lowest BCUT2D eigenvalue weighted by Gasteiger charge is -2.27. The van der Waals surface area contributed by atoms with Gasteiger partial charge in [0.1, 0.15) is 5.69 Å². The van der Waals surface area contributed by atoms with Crippen molar-refractivity contribution in [1.82, 2.24) is 9.88 Å². The van der Waals surface area contributed by atoms with Crippen molar-refractivity contribution in [3.63, 3.8) is 0 Å². The van der Waals surface area contributed by atoms with Crippen LogP contribution < -0.4 is 5.32 Å². The van der Waals surface area contributed by atoms with Gasteiger partial charge in [-0.05, 0) is 50.2 Å². The van der Waals surface area contributed by atoms with E-state index in [4.69, 9.17) is 0 Å².